The summed E-state index contributed by atoms with van der Waals surface area (Å²) in [7, 11) is 0. The van der Waals surface area contributed by atoms with Crippen molar-refractivity contribution >= 4 is 87.2 Å². The number of nitrogens with zero attached hydrogens (tertiary/aromatic N) is 9. The fourth-order valence-corrected chi connectivity index (χ4v) is 19.4. The van der Waals surface area contributed by atoms with E-state index in [1.54, 1.807) is 0 Å². The quantitative estimate of drug-likeness (QED) is 0.0587. The van der Waals surface area contributed by atoms with Crippen LogP contribution in [0.25, 0.3) is 161 Å². The summed E-state index contributed by atoms with van der Waals surface area (Å²) in [4.78, 5) is 23.4. The number of aliphatic hydroxyl groups excluding tert-OH is 1. The van der Waals surface area contributed by atoms with Gasteiger partial charge in [0.25, 0.3) is 17.3 Å². The first kappa shape index (κ1) is 87.9. The summed E-state index contributed by atoms with van der Waals surface area (Å²) < 4.78 is 14.4. The van der Waals surface area contributed by atoms with Crippen LogP contribution < -0.4 is 13.7 Å². The minimum absolute atomic E-state index is 0. The summed E-state index contributed by atoms with van der Waals surface area (Å²) in [6, 6.07) is 131. The van der Waals surface area contributed by atoms with Crippen LogP contribution in [0.2, 0.25) is 0 Å². The van der Waals surface area contributed by atoms with Gasteiger partial charge in [-0.25, -0.2) is 13.7 Å². The van der Waals surface area contributed by atoms with Gasteiger partial charge in [0.05, 0.1) is 22.3 Å². The van der Waals surface area contributed by atoms with E-state index < -0.39 is 0 Å². The molecule has 0 unspecified atom stereocenters. The van der Waals surface area contributed by atoms with E-state index in [0.29, 0.717) is 0 Å². The molecule has 1 aliphatic carbocycles. The molecule has 132 heavy (non-hydrogen) atoms. The Morgan fingerprint density at radius 1 is 0.447 bits per heavy atom. The molecule has 13 heteroatoms. The molecule has 0 saturated carbocycles. The molecule has 0 spiro atoms. The maximum atomic E-state index is 10.0. The van der Waals surface area contributed by atoms with Gasteiger partial charge in [-0.1, -0.05) is 238 Å². The van der Waals surface area contributed by atoms with Gasteiger partial charge in [0, 0.05) is 109 Å². The topological polar surface area (TPSA) is 102 Å². The minimum Gasteiger partial charge on any atom is -0.512 e. The normalized spacial score (nSPS) is 12.2. The molecule has 0 amide bonds. The van der Waals surface area contributed by atoms with Gasteiger partial charge in [-0.15, -0.1) is 107 Å². The van der Waals surface area contributed by atoms with Crippen molar-refractivity contribution in [3.8, 4) is 79.2 Å². The third-order valence-electron chi connectivity index (χ3n) is 25.3. The van der Waals surface area contributed by atoms with Crippen molar-refractivity contribution in [2.24, 2.45) is 0 Å². The smallest absolute Gasteiger partial charge is 0.295 e. The Hall–Kier alpha value is -14.8. The molecule has 0 bridgehead atoms. The predicted octanol–water partition coefficient (Wildman–Crippen LogP) is 26.5. The van der Waals surface area contributed by atoms with Gasteiger partial charge < -0.3 is 20.1 Å². The number of aromatic nitrogens is 9. The summed E-state index contributed by atoms with van der Waals surface area (Å²) in [6.07, 6.45) is 13.5. The van der Waals surface area contributed by atoms with Gasteiger partial charge in [0.15, 0.2) is 22.5 Å². The fourth-order valence-electron chi connectivity index (χ4n) is 19.4. The number of ketones is 1. The zero-order chi connectivity index (χ0) is 88.7. The molecule has 0 saturated heterocycles. The SMILES string of the molecule is CC(=O)C=C(C)O.CC1(C)c2ccc[c-]c2-c2nccc3cccc1c23.Cc1ccc(-c2[c-]cccc2)nc1.Cc1ccc2c(c1)c1cccc3c1c1n2c(-c2c(C)cccc2C)c[n+]1C3.[Ir].[Ir].[c-]1ccccc1-c1nccc2ccccc12.c1ccc2c(c1)C[n+]1c-2n(-c2cccc3ccccc23)c2ccccc21.c1ccc2c(c1)C[n+]1ccn(-c3cccc4ccccc34)c1-2. The molecule has 22 aromatic rings. The number of hydrogen-bond donors (Lipinski definition) is 1. The number of para-hydroxylation sites is 2. The molecule has 4 aliphatic rings. The number of pyridine rings is 4. The number of carbonyl (C=O) groups excluding carboxylic acids is 1. The van der Waals surface area contributed by atoms with E-state index in [1.807, 2.05) is 104 Å². The summed E-state index contributed by atoms with van der Waals surface area (Å²) >= 11 is 0. The molecule has 646 valence electrons. The Kier molecular flexibility index (Phi) is 25.1. The Morgan fingerprint density at radius 2 is 1.00 bits per heavy atom. The van der Waals surface area contributed by atoms with Gasteiger partial charge >= 0.3 is 0 Å². The molecule has 0 fully saturated rings. The number of carbonyl (C=O) groups is 1. The van der Waals surface area contributed by atoms with Crippen molar-refractivity contribution in [1.82, 2.24) is 28.5 Å². The number of benzene rings is 15. The van der Waals surface area contributed by atoms with Crippen LogP contribution in [0.4, 0.5) is 0 Å². The zero-order valence-corrected chi connectivity index (χ0v) is 79.4. The largest absolute Gasteiger partial charge is 0.512 e. The third kappa shape index (κ3) is 16.7. The Balaban J connectivity index is 0.000000106. The van der Waals surface area contributed by atoms with Crippen LogP contribution in [0.3, 0.4) is 0 Å². The second kappa shape index (κ2) is 37.7. The van der Waals surface area contributed by atoms with Crippen LogP contribution in [0.15, 0.2) is 395 Å². The Labute approximate surface area is 796 Å². The standard InChI is InChI=1S/C25H21N2.C24H17N2.C20H15N2.C18H14N.C15H10N.C12H10N.C5H8O2.2Ir/c1-15-10-11-21-20(12-15)19-9-5-8-18-13-26-14-22(27(21)25(26)24(18)19)23-16(2)6-4-7-17(23)3;1-3-11-19-17(8-1)10-7-15-21(19)26-23-14-6-5-13-22(23)25-16-18-9-2-4-12-20(18)24(25)26;1-3-9-17-15(6-1)8-5-11-19(17)22-13-12-21-14-16-7-2-4-10-18(16)20(21)22;1-18(2)14-8-4-3-7-13(14)17-16-12(10-11-19-17)6-5-9-15(16)18;1-2-7-13(8-3-1)15-14-9-5-4-6-12(14)10-11-16-15;1-10-7-8-12(13-9-10)11-5-3-2-4-6-11;1-4(6)3-5(2)7;;/h4-12,14H,13H2,1-3H3;1-15H,16H2;1-13H,14H2;3-6,8-11H,1-2H3;1-7,9-11H;2-5,7-9H,1H3;3,6H,1-2H3;;/q3*+1;3*-1;;;. The second-order valence-electron chi connectivity index (χ2n) is 34.3. The van der Waals surface area contributed by atoms with Crippen LogP contribution in [0.1, 0.15) is 77.8 Å². The first-order valence-corrected chi connectivity index (χ1v) is 44.3. The summed E-state index contributed by atoms with van der Waals surface area (Å²) in [5.74, 6) is 2.48. The first-order chi connectivity index (χ1) is 63.6. The number of aliphatic hydroxyl groups is 1. The monoisotopic (exact) mass is 2070 g/mol. The van der Waals surface area contributed by atoms with Gasteiger partial charge in [0.1, 0.15) is 55.1 Å². The number of imidazole rings is 3. The van der Waals surface area contributed by atoms with Gasteiger partial charge in [-0.05, 0) is 179 Å². The van der Waals surface area contributed by atoms with E-state index in [-0.39, 0.29) is 57.2 Å². The molecule has 1 N–H and O–H groups in total. The van der Waals surface area contributed by atoms with Crippen molar-refractivity contribution < 1.29 is 63.8 Å². The third-order valence-corrected chi connectivity index (χ3v) is 25.3. The molecule has 7 aromatic heterocycles. The van der Waals surface area contributed by atoms with Gasteiger partial charge in [0.2, 0.25) is 0 Å². The number of allylic oxidation sites excluding steroid dienone is 2. The summed E-state index contributed by atoms with van der Waals surface area (Å²) in [6.45, 7) is 18.9. The van der Waals surface area contributed by atoms with E-state index in [1.165, 1.54) is 197 Å². The van der Waals surface area contributed by atoms with Crippen LogP contribution in [0, 0.1) is 45.9 Å². The van der Waals surface area contributed by atoms with Crippen molar-refractivity contribution in [3.63, 3.8) is 0 Å². The van der Waals surface area contributed by atoms with Crippen LogP contribution in [-0.4, -0.2) is 39.4 Å². The molecular formula is C119H95Ir2N9O2. The summed E-state index contributed by atoms with van der Waals surface area (Å²) in [5, 5.41) is 22.5. The van der Waals surface area contributed by atoms with Crippen molar-refractivity contribution in [3.05, 3.63) is 463 Å². The number of rotatable bonds is 6. The van der Waals surface area contributed by atoms with Crippen molar-refractivity contribution in [2.75, 3.05) is 0 Å². The summed E-state index contributed by atoms with van der Waals surface area (Å²) in [5.41, 5.74) is 31.3. The molecule has 3 aliphatic heterocycles. The van der Waals surface area contributed by atoms with E-state index in [4.69, 9.17) is 5.11 Å². The molecule has 0 atom stereocenters. The minimum atomic E-state index is -0.125. The van der Waals surface area contributed by atoms with Crippen LogP contribution >= 0.6 is 0 Å². The number of hydrogen-bond acceptors (Lipinski definition) is 5. The van der Waals surface area contributed by atoms with E-state index in [0.717, 1.165) is 53.4 Å². The molecule has 15 aromatic carbocycles. The van der Waals surface area contributed by atoms with Crippen molar-refractivity contribution in [1.29, 1.82) is 0 Å². The molecule has 10 heterocycles. The fraction of sp³-hybridized carbons (Fsp3) is 0.101. The van der Waals surface area contributed by atoms with Gasteiger partial charge in [-0.2, -0.15) is 13.5 Å². The Morgan fingerprint density at radius 3 is 1.70 bits per heavy atom. The molecule has 2 radical (unpaired) electrons. The molecule has 26 rings (SSSR count). The average molecular weight is 2070 g/mol. The van der Waals surface area contributed by atoms with E-state index in [2.05, 4.69) is 381 Å². The van der Waals surface area contributed by atoms with E-state index in [9.17, 15) is 4.79 Å². The molecular weight excluding hydrogens is 1970 g/mol. The zero-order valence-electron chi connectivity index (χ0n) is 74.6. The van der Waals surface area contributed by atoms with Crippen LogP contribution in [-0.2, 0) is 70.1 Å². The average Bonchev–Trinajstić information content (AvgIpc) is 1.57. The predicted molar refractivity (Wildman–Crippen MR) is 529 cm³/mol. The van der Waals surface area contributed by atoms with Gasteiger partial charge in [-0.3, -0.25) is 4.79 Å². The maximum absolute atomic E-state index is 10.0. The maximum Gasteiger partial charge on any atom is 0.295 e. The van der Waals surface area contributed by atoms with Crippen LogP contribution in [0.5, 0.6) is 0 Å². The number of aryl methyl sites for hydroxylation is 4. The van der Waals surface area contributed by atoms with Crippen molar-refractivity contribution in [2.45, 2.75) is 80.4 Å². The Bertz CT molecular complexity index is 8130. The van der Waals surface area contributed by atoms with E-state index >= 15 is 0 Å². The number of fused-ring (bicyclic) bond motifs is 16. The second-order valence-corrected chi connectivity index (χ2v) is 34.3. The molecule has 11 nitrogen and oxygen atoms in total. The first-order valence-electron chi connectivity index (χ1n) is 44.3.